The molecule has 2 heterocycles. The van der Waals surface area contributed by atoms with Crippen LogP contribution in [0.1, 0.15) is 32.6 Å². The van der Waals surface area contributed by atoms with Crippen LogP contribution < -0.4 is 0 Å². The minimum absolute atomic E-state index is 0.665. The van der Waals surface area contributed by atoms with E-state index < -0.39 is 0 Å². The molecule has 0 amide bonds. The summed E-state index contributed by atoms with van der Waals surface area (Å²) in [7, 11) is 2.00. The standard InChI is InChI=1S/C17H24N4S/c1-3-15-11-7-8-12-20(15)13-21-17(22)19(2)16(18-21)14-9-5-4-6-10-14/h4-6,9-10,15H,3,7-8,11-13H2,1-2H3/t15-/m1/s1. The number of likely N-dealkylation sites (tertiary alicyclic amines) is 1. The SMILES string of the molecule is CC[C@@H]1CCCCN1Cn1nc(-c2ccccc2)n(C)c1=S. The van der Waals surface area contributed by atoms with Crippen molar-refractivity contribution in [3.8, 4) is 11.4 Å². The van der Waals surface area contributed by atoms with Crippen LogP contribution >= 0.6 is 12.2 Å². The fraction of sp³-hybridized carbons (Fsp3) is 0.529. The first-order valence-corrected chi connectivity index (χ1v) is 8.55. The van der Waals surface area contributed by atoms with Crippen LogP contribution in [-0.4, -0.2) is 31.8 Å². The minimum Gasteiger partial charge on any atom is -0.303 e. The summed E-state index contributed by atoms with van der Waals surface area (Å²) in [4.78, 5) is 2.53. The summed E-state index contributed by atoms with van der Waals surface area (Å²) in [6.07, 6.45) is 5.12. The molecule has 1 atom stereocenters. The van der Waals surface area contributed by atoms with E-state index in [4.69, 9.17) is 17.3 Å². The molecule has 1 aromatic heterocycles. The van der Waals surface area contributed by atoms with Gasteiger partial charge in [-0.3, -0.25) is 4.90 Å². The van der Waals surface area contributed by atoms with Crippen molar-refractivity contribution < 1.29 is 0 Å². The van der Waals surface area contributed by atoms with Gasteiger partial charge in [-0.2, -0.15) is 5.10 Å². The number of hydrogen-bond donors (Lipinski definition) is 0. The molecule has 3 rings (SSSR count). The van der Waals surface area contributed by atoms with Crippen molar-refractivity contribution in [3.05, 3.63) is 35.1 Å². The summed E-state index contributed by atoms with van der Waals surface area (Å²) in [5.41, 5.74) is 1.11. The first-order valence-electron chi connectivity index (χ1n) is 8.14. The Labute approximate surface area is 137 Å². The van der Waals surface area contributed by atoms with E-state index in [1.165, 1.54) is 25.7 Å². The van der Waals surface area contributed by atoms with E-state index in [-0.39, 0.29) is 0 Å². The Kier molecular flexibility index (Phi) is 4.74. The molecular weight excluding hydrogens is 292 g/mol. The molecule has 1 aliphatic heterocycles. The van der Waals surface area contributed by atoms with E-state index in [9.17, 15) is 0 Å². The molecule has 1 aliphatic rings. The lowest BCUT2D eigenvalue weighted by atomic mass is 10.0. The molecule has 0 aliphatic carbocycles. The van der Waals surface area contributed by atoms with E-state index in [1.807, 2.05) is 34.5 Å². The second-order valence-corrected chi connectivity index (χ2v) is 6.41. The van der Waals surface area contributed by atoms with Gasteiger partial charge >= 0.3 is 0 Å². The van der Waals surface area contributed by atoms with Crippen LogP contribution in [0.2, 0.25) is 0 Å². The molecule has 5 heteroatoms. The second kappa shape index (κ2) is 6.75. The molecule has 1 aromatic carbocycles. The van der Waals surface area contributed by atoms with Gasteiger partial charge in [0.2, 0.25) is 0 Å². The van der Waals surface area contributed by atoms with Crippen molar-refractivity contribution in [2.75, 3.05) is 6.54 Å². The van der Waals surface area contributed by atoms with Crippen molar-refractivity contribution in [2.24, 2.45) is 7.05 Å². The summed E-state index contributed by atoms with van der Waals surface area (Å²) in [6.45, 7) is 4.23. The Morgan fingerprint density at radius 1 is 1.23 bits per heavy atom. The van der Waals surface area contributed by atoms with Crippen molar-refractivity contribution >= 4 is 12.2 Å². The molecule has 0 unspecified atom stereocenters. The second-order valence-electron chi connectivity index (χ2n) is 6.04. The topological polar surface area (TPSA) is 26.0 Å². The highest BCUT2D eigenvalue weighted by Gasteiger charge is 2.22. The molecule has 118 valence electrons. The zero-order valence-corrected chi connectivity index (χ0v) is 14.2. The maximum Gasteiger partial charge on any atom is 0.199 e. The smallest absolute Gasteiger partial charge is 0.199 e. The number of benzene rings is 1. The quantitative estimate of drug-likeness (QED) is 0.802. The number of aromatic nitrogens is 3. The Bertz CT molecular complexity index is 674. The van der Waals surface area contributed by atoms with E-state index >= 15 is 0 Å². The predicted molar refractivity (Wildman–Crippen MR) is 92.1 cm³/mol. The van der Waals surface area contributed by atoms with Gasteiger partial charge < -0.3 is 4.57 Å². The normalized spacial score (nSPS) is 19.5. The summed E-state index contributed by atoms with van der Waals surface area (Å²) < 4.78 is 4.78. The fourth-order valence-electron chi connectivity index (χ4n) is 3.30. The van der Waals surface area contributed by atoms with Gasteiger partial charge in [-0.1, -0.05) is 43.7 Å². The molecular formula is C17H24N4S. The Hall–Kier alpha value is -1.46. The predicted octanol–water partition coefficient (Wildman–Crippen LogP) is 3.84. The monoisotopic (exact) mass is 316 g/mol. The molecule has 1 fully saturated rings. The van der Waals surface area contributed by atoms with E-state index in [0.29, 0.717) is 6.04 Å². The summed E-state index contributed by atoms with van der Waals surface area (Å²) in [5.74, 6) is 0.940. The third kappa shape index (κ3) is 3.01. The highest BCUT2D eigenvalue weighted by atomic mass is 32.1. The number of nitrogens with zero attached hydrogens (tertiary/aromatic N) is 4. The third-order valence-electron chi connectivity index (χ3n) is 4.61. The number of piperidine rings is 1. The molecule has 0 saturated carbocycles. The number of rotatable bonds is 4. The van der Waals surface area contributed by atoms with Gasteiger partial charge in [0.15, 0.2) is 10.6 Å². The van der Waals surface area contributed by atoms with E-state index in [0.717, 1.165) is 29.4 Å². The van der Waals surface area contributed by atoms with Gasteiger partial charge in [-0.05, 0) is 31.5 Å². The average molecular weight is 316 g/mol. The first kappa shape index (κ1) is 15.4. The Morgan fingerprint density at radius 2 is 2.00 bits per heavy atom. The van der Waals surface area contributed by atoms with Crippen LogP contribution in [0.5, 0.6) is 0 Å². The van der Waals surface area contributed by atoms with Gasteiger partial charge in [0.1, 0.15) is 0 Å². The third-order valence-corrected chi connectivity index (χ3v) is 5.09. The van der Waals surface area contributed by atoms with Crippen molar-refractivity contribution in [1.82, 2.24) is 19.2 Å². The molecule has 0 N–H and O–H groups in total. The molecule has 0 radical (unpaired) electrons. The van der Waals surface area contributed by atoms with Gasteiger partial charge in [-0.15, -0.1) is 0 Å². The lowest BCUT2D eigenvalue weighted by Gasteiger charge is -2.34. The molecule has 2 aromatic rings. The van der Waals surface area contributed by atoms with Crippen LogP contribution in [-0.2, 0) is 13.7 Å². The van der Waals surface area contributed by atoms with E-state index in [2.05, 4.69) is 24.0 Å². The summed E-state index contributed by atoms with van der Waals surface area (Å²) in [6, 6.07) is 10.9. The largest absolute Gasteiger partial charge is 0.303 e. The summed E-state index contributed by atoms with van der Waals surface area (Å²) >= 11 is 5.59. The minimum atomic E-state index is 0.665. The lowest BCUT2D eigenvalue weighted by molar-refractivity contribution is 0.100. The van der Waals surface area contributed by atoms with Crippen LogP contribution in [0.4, 0.5) is 0 Å². The first-order chi connectivity index (χ1) is 10.7. The average Bonchev–Trinajstić information content (AvgIpc) is 2.85. The van der Waals surface area contributed by atoms with Crippen LogP contribution in [0.25, 0.3) is 11.4 Å². The zero-order chi connectivity index (χ0) is 15.5. The van der Waals surface area contributed by atoms with Crippen molar-refractivity contribution in [3.63, 3.8) is 0 Å². The van der Waals surface area contributed by atoms with Gasteiger partial charge in [0.05, 0.1) is 6.67 Å². The lowest BCUT2D eigenvalue weighted by Crippen LogP contribution is -2.40. The van der Waals surface area contributed by atoms with Crippen molar-refractivity contribution in [2.45, 2.75) is 45.3 Å². The molecule has 4 nitrogen and oxygen atoms in total. The van der Waals surface area contributed by atoms with Gasteiger partial charge in [0, 0.05) is 25.2 Å². The maximum absolute atomic E-state index is 5.59. The van der Waals surface area contributed by atoms with Crippen LogP contribution in [0, 0.1) is 4.77 Å². The summed E-state index contributed by atoms with van der Waals surface area (Å²) in [5, 5.41) is 4.78. The highest BCUT2D eigenvalue weighted by Crippen LogP contribution is 2.21. The van der Waals surface area contributed by atoms with Crippen LogP contribution in [0.3, 0.4) is 0 Å². The zero-order valence-electron chi connectivity index (χ0n) is 13.4. The highest BCUT2D eigenvalue weighted by molar-refractivity contribution is 7.71. The van der Waals surface area contributed by atoms with Gasteiger partial charge in [-0.25, -0.2) is 4.68 Å². The molecule has 22 heavy (non-hydrogen) atoms. The fourth-order valence-corrected chi connectivity index (χ4v) is 3.48. The number of hydrogen-bond acceptors (Lipinski definition) is 3. The maximum atomic E-state index is 5.59. The van der Waals surface area contributed by atoms with Gasteiger partial charge in [0.25, 0.3) is 0 Å². The Balaban J connectivity index is 1.87. The molecule has 0 bridgehead atoms. The molecule has 1 saturated heterocycles. The Morgan fingerprint density at radius 3 is 2.73 bits per heavy atom. The molecule has 0 spiro atoms. The van der Waals surface area contributed by atoms with Crippen molar-refractivity contribution in [1.29, 1.82) is 0 Å². The van der Waals surface area contributed by atoms with Crippen LogP contribution in [0.15, 0.2) is 30.3 Å². The van der Waals surface area contributed by atoms with E-state index in [1.54, 1.807) is 0 Å².